The molecule has 0 saturated heterocycles. The molecule has 3 nitrogen and oxygen atoms in total. The first-order valence-corrected chi connectivity index (χ1v) is 6.23. The zero-order valence-corrected chi connectivity index (χ0v) is 11.1. The van der Waals surface area contributed by atoms with E-state index in [-0.39, 0.29) is 6.61 Å². The number of ether oxygens (including phenoxy) is 1. The van der Waals surface area contributed by atoms with E-state index in [1.165, 1.54) is 0 Å². The number of carbonyl (C=O) groups is 1. The fraction of sp³-hybridized carbons (Fsp3) is 0.375. The summed E-state index contributed by atoms with van der Waals surface area (Å²) in [5.74, 6) is -0.932. The Balaban J connectivity index is 2.28. The molecule has 0 spiro atoms. The molecular formula is C8H8Br2O3S. The molecule has 0 unspecified atom stereocenters. The predicted octanol–water partition coefficient (Wildman–Crippen LogP) is 2.92. The smallest absolute Gasteiger partial charge is 0.329 e. The number of thiophene rings is 1. The Bertz CT molecular complexity index is 305. The van der Waals surface area contributed by atoms with Gasteiger partial charge < -0.3 is 9.84 Å². The van der Waals surface area contributed by atoms with Crippen LogP contribution in [0.4, 0.5) is 0 Å². The molecule has 0 aliphatic carbocycles. The topological polar surface area (TPSA) is 46.5 Å². The fourth-order valence-electron chi connectivity index (χ4n) is 0.847. The zero-order chi connectivity index (χ0) is 10.6. The van der Waals surface area contributed by atoms with Gasteiger partial charge in [0, 0.05) is 15.8 Å². The second-order valence-corrected chi connectivity index (χ2v) is 5.84. The van der Waals surface area contributed by atoms with E-state index in [2.05, 4.69) is 31.9 Å². The minimum Gasteiger partial charge on any atom is -0.480 e. The van der Waals surface area contributed by atoms with Crippen LogP contribution < -0.4 is 0 Å². The summed E-state index contributed by atoms with van der Waals surface area (Å²) >= 11 is 8.38. The highest BCUT2D eigenvalue weighted by Crippen LogP contribution is 2.32. The second-order valence-electron chi connectivity index (χ2n) is 2.53. The molecule has 0 bridgehead atoms. The number of hydrogen-bond donors (Lipinski definition) is 1. The number of hydrogen-bond acceptors (Lipinski definition) is 3. The van der Waals surface area contributed by atoms with Crippen molar-refractivity contribution < 1.29 is 14.6 Å². The highest BCUT2D eigenvalue weighted by atomic mass is 79.9. The number of halogens is 2. The van der Waals surface area contributed by atoms with Crippen LogP contribution in [0.5, 0.6) is 0 Å². The summed E-state index contributed by atoms with van der Waals surface area (Å²) in [5.41, 5.74) is 0. The van der Waals surface area contributed by atoms with Gasteiger partial charge in [0.05, 0.1) is 10.4 Å². The van der Waals surface area contributed by atoms with Crippen LogP contribution in [-0.2, 0) is 16.0 Å². The molecule has 0 aliphatic rings. The second kappa shape index (κ2) is 5.85. The highest BCUT2D eigenvalue weighted by Gasteiger charge is 2.04. The molecule has 78 valence electrons. The van der Waals surface area contributed by atoms with Crippen molar-refractivity contribution in [3.8, 4) is 0 Å². The van der Waals surface area contributed by atoms with E-state index in [1.807, 2.05) is 6.07 Å². The Labute approximate surface area is 102 Å². The molecular weight excluding hydrogens is 336 g/mol. The van der Waals surface area contributed by atoms with E-state index in [1.54, 1.807) is 11.3 Å². The Morgan fingerprint density at radius 3 is 2.79 bits per heavy atom. The van der Waals surface area contributed by atoms with Gasteiger partial charge in [-0.1, -0.05) is 0 Å². The summed E-state index contributed by atoms with van der Waals surface area (Å²) < 4.78 is 7.00. The molecule has 0 radical (unpaired) electrons. The average molecular weight is 344 g/mol. The van der Waals surface area contributed by atoms with Crippen LogP contribution in [0.2, 0.25) is 0 Å². The van der Waals surface area contributed by atoms with Gasteiger partial charge in [0.15, 0.2) is 0 Å². The average Bonchev–Trinajstić information content (AvgIpc) is 2.40. The molecule has 1 aromatic rings. The van der Waals surface area contributed by atoms with Crippen LogP contribution in [-0.4, -0.2) is 24.3 Å². The number of rotatable bonds is 5. The van der Waals surface area contributed by atoms with Gasteiger partial charge in [0.2, 0.25) is 0 Å². The molecule has 0 saturated carbocycles. The van der Waals surface area contributed by atoms with Crippen molar-refractivity contribution in [2.75, 3.05) is 13.2 Å². The Hall–Kier alpha value is 0.0900. The van der Waals surface area contributed by atoms with E-state index in [0.717, 1.165) is 19.6 Å². The van der Waals surface area contributed by atoms with Crippen molar-refractivity contribution >= 4 is 49.2 Å². The minimum atomic E-state index is -0.932. The summed E-state index contributed by atoms with van der Waals surface area (Å²) in [6.07, 6.45) is 0.738. The molecule has 0 amide bonds. The lowest BCUT2D eigenvalue weighted by molar-refractivity contribution is -0.142. The first kappa shape index (κ1) is 12.2. The third kappa shape index (κ3) is 4.08. The Morgan fingerprint density at radius 2 is 2.29 bits per heavy atom. The number of aliphatic carboxylic acids is 1. The molecule has 0 aromatic carbocycles. The van der Waals surface area contributed by atoms with Crippen molar-refractivity contribution in [1.29, 1.82) is 0 Å². The summed E-state index contributed by atoms with van der Waals surface area (Å²) in [5, 5.41) is 8.32. The van der Waals surface area contributed by atoms with Gasteiger partial charge in [-0.15, -0.1) is 11.3 Å². The largest absolute Gasteiger partial charge is 0.480 e. The minimum absolute atomic E-state index is 0.228. The summed E-state index contributed by atoms with van der Waals surface area (Å²) in [7, 11) is 0. The van der Waals surface area contributed by atoms with Gasteiger partial charge in [-0.3, -0.25) is 0 Å². The highest BCUT2D eigenvalue weighted by molar-refractivity contribution is 9.13. The van der Waals surface area contributed by atoms with Gasteiger partial charge in [-0.2, -0.15) is 0 Å². The maximum absolute atomic E-state index is 10.1. The molecule has 1 rings (SSSR count). The number of carboxylic acid groups (broad SMARTS) is 1. The van der Waals surface area contributed by atoms with Gasteiger partial charge in [0.1, 0.15) is 6.61 Å². The van der Waals surface area contributed by atoms with E-state index < -0.39 is 5.97 Å². The molecule has 14 heavy (non-hydrogen) atoms. The van der Waals surface area contributed by atoms with Crippen LogP contribution in [0.15, 0.2) is 14.3 Å². The lowest BCUT2D eigenvalue weighted by atomic mass is 10.4. The molecule has 0 aliphatic heterocycles. The van der Waals surface area contributed by atoms with Crippen molar-refractivity contribution in [1.82, 2.24) is 0 Å². The fourth-order valence-corrected chi connectivity index (χ4v) is 3.00. The van der Waals surface area contributed by atoms with E-state index in [9.17, 15) is 4.79 Å². The quantitative estimate of drug-likeness (QED) is 0.836. The maximum Gasteiger partial charge on any atom is 0.329 e. The monoisotopic (exact) mass is 342 g/mol. The molecule has 1 aromatic heterocycles. The standard InChI is InChI=1S/C8H8Br2O3S/c9-6-3-5(14-8(6)10)1-2-13-4-7(11)12/h3H,1-2,4H2,(H,11,12). The van der Waals surface area contributed by atoms with Gasteiger partial charge in [0.25, 0.3) is 0 Å². The predicted molar refractivity (Wildman–Crippen MR) is 61.9 cm³/mol. The zero-order valence-electron chi connectivity index (χ0n) is 7.13. The van der Waals surface area contributed by atoms with Crippen molar-refractivity contribution in [3.63, 3.8) is 0 Å². The Morgan fingerprint density at radius 1 is 1.57 bits per heavy atom. The third-order valence-electron chi connectivity index (χ3n) is 1.41. The lowest BCUT2D eigenvalue weighted by Crippen LogP contribution is -2.08. The van der Waals surface area contributed by atoms with Gasteiger partial charge >= 0.3 is 5.97 Å². The van der Waals surface area contributed by atoms with Gasteiger partial charge in [-0.25, -0.2) is 4.79 Å². The third-order valence-corrected chi connectivity index (χ3v) is 4.73. The molecule has 0 atom stereocenters. The molecule has 6 heteroatoms. The summed E-state index contributed by atoms with van der Waals surface area (Å²) in [6.45, 7) is 0.208. The van der Waals surface area contributed by atoms with E-state index >= 15 is 0 Å². The van der Waals surface area contributed by atoms with Crippen LogP contribution in [0.25, 0.3) is 0 Å². The first-order chi connectivity index (χ1) is 6.59. The van der Waals surface area contributed by atoms with Gasteiger partial charge in [-0.05, 0) is 37.9 Å². The molecule has 1 heterocycles. The van der Waals surface area contributed by atoms with E-state index in [0.29, 0.717) is 6.61 Å². The Kier molecular flexibility index (Phi) is 5.08. The summed E-state index contributed by atoms with van der Waals surface area (Å²) in [4.78, 5) is 11.3. The van der Waals surface area contributed by atoms with Crippen LogP contribution in [0, 0.1) is 0 Å². The maximum atomic E-state index is 10.1. The normalized spacial score (nSPS) is 10.4. The summed E-state index contributed by atoms with van der Waals surface area (Å²) in [6, 6.07) is 2.00. The first-order valence-electron chi connectivity index (χ1n) is 3.83. The lowest BCUT2D eigenvalue weighted by Gasteiger charge is -1.98. The SMILES string of the molecule is O=C(O)COCCc1cc(Br)c(Br)s1. The van der Waals surface area contributed by atoms with Crippen LogP contribution in [0.3, 0.4) is 0 Å². The van der Waals surface area contributed by atoms with Crippen molar-refractivity contribution in [2.45, 2.75) is 6.42 Å². The molecule has 0 fully saturated rings. The van der Waals surface area contributed by atoms with Crippen molar-refractivity contribution in [3.05, 3.63) is 19.2 Å². The molecule has 1 N–H and O–H groups in total. The van der Waals surface area contributed by atoms with E-state index in [4.69, 9.17) is 9.84 Å². The number of carboxylic acids is 1. The van der Waals surface area contributed by atoms with Crippen LogP contribution in [0.1, 0.15) is 4.88 Å². The van der Waals surface area contributed by atoms with Crippen LogP contribution >= 0.6 is 43.2 Å². The van der Waals surface area contributed by atoms with Crippen molar-refractivity contribution in [2.24, 2.45) is 0 Å².